The third kappa shape index (κ3) is 4.64. The summed E-state index contributed by atoms with van der Waals surface area (Å²) in [4.78, 5) is 27.6. The first-order valence-corrected chi connectivity index (χ1v) is 9.70. The Bertz CT molecular complexity index is 681. The summed E-state index contributed by atoms with van der Waals surface area (Å²) in [5.41, 5.74) is 0.537. The number of ether oxygens (including phenoxy) is 2. The van der Waals surface area contributed by atoms with Gasteiger partial charge < -0.3 is 24.6 Å². The van der Waals surface area contributed by atoms with Crippen LogP contribution in [0, 0.1) is 0 Å². The van der Waals surface area contributed by atoms with Gasteiger partial charge in [-0.15, -0.1) is 0 Å². The molecule has 1 aromatic carbocycles. The summed E-state index contributed by atoms with van der Waals surface area (Å²) in [6.07, 6.45) is 3.00. The zero-order valence-corrected chi connectivity index (χ0v) is 16.2. The fourth-order valence-corrected chi connectivity index (χ4v) is 3.76. The highest BCUT2D eigenvalue weighted by atomic mass is 16.6. The number of hydrogen-bond donors (Lipinski definition) is 1. The molecule has 0 aromatic heterocycles. The molecule has 7 heteroatoms. The quantitative estimate of drug-likeness (QED) is 0.830. The molecule has 0 saturated carbocycles. The highest BCUT2D eigenvalue weighted by Gasteiger charge is 2.47. The molecule has 27 heavy (non-hydrogen) atoms. The number of nitrogens with zero attached hydrogens (tertiary/aromatic N) is 2. The van der Waals surface area contributed by atoms with E-state index in [9.17, 15) is 9.59 Å². The fourth-order valence-electron chi connectivity index (χ4n) is 3.76. The van der Waals surface area contributed by atoms with E-state index < -0.39 is 5.60 Å². The molecule has 3 amide bonds. The van der Waals surface area contributed by atoms with Crippen LogP contribution in [0.3, 0.4) is 0 Å². The lowest BCUT2D eigenvalue weighted by Gasteiger charge is -2.38. The first kappa shape index (κ1) is 19.3. The van der Waals surface area contributed by atoms with Gasteiger partial charge in [0.05, 0.1) is 19.7 Å². The maximum Gasteiger partial charge on any atom is 0.410 e. The van der Waals surface area contributed by atoms with Gasteiger partial charge in [-0.3, -0.25) is 0 Å². The van der Waals surface area contributed by atoms with Crippen molar-refractivity contribution in [1.29, 1.82) is 0 Å². The number of para-hydroxylation sites is 1. The van der Waals surface area contributed by atoms with E-state index in [1.165, 1.54) is 0 Å². The average Bonchev–Trinajstić information content (AvgIpc) is 2.93. The number of benzene rings is 1. The van der Waals surface area contributed by atoms with E-state index in [0.717, 1.165) is 30.6 Å². The van der Waals surface area contributed by atoms with Gasteiger partial charge in [0.1, 0.15) is 11.4 Å². The molecule has 148 valence electrons. The third-order valence-electron chi connectivity index (χ3n) is 5.07. The van der Waals surface area contributed by atoms with Gasteiger partial charge in [0.15, 0.2) is 0 Å². The highest BCUT2D eigenvalue weighted by molar-refractivity contribution is 5.75. The Hall–Kier alpha value is -2.44. The van der Waals surface area contributed by atoms with Gasteiger partial charge >= 0.3 is 12.1 Å². The second kappa shape index (κ2) is 8.50. The number of likely N-dealkylation sites (N-methyl/N-ethyl adjacent to an activating group) is 1. The Morgan fingerprint density at radius 1 is 1.33 bits per heavy atom. The van der Waals surface area contributed by atoms with Crippen molar-refractivity contribution in [3.63, 3.8) is 0 Å². The maximum atomic E-state index is 12.6. The van der Waals surface area contributed by atoms with E-state index in [1.54, 1.807) is 16.8 Å². The standard InChI is InChI=1S/C20H29N3O4/c1-3-13-26-17-8-5-4-7-16(17)9-11-21-18(24)23-12-6-10-20(15-23)14-22(2)19(25)27-20/h4-5,7-8H,3,6,9-15H2,1-2H3,(H,21,24). The summed E-state index contributed by atoms with van der Waals surface area (Å²) in [6, 6.07) is 7.83. The van der Waals surface area contributed by atoms with E-state index in [2.05, 4.69) is 12.2 Å². The molecule has 1 spiro atoms. The number of carbonyl (C=O) groups excluding carboxylic acids is 2. The topological polar surface area (TPSA) is 71.1 Å². The Kier molecular flexibility index (Phi) is 6.08. The number of nitrogens with one attached hydrogen (secondary N) is 1. The van der Waals surface area contributed by atoms with Crippen molar-refractivity contribution in [1.82, 2.24) is 15.1 Å². The van der Waals surface area contributed by atoms with Crippen LogP contribution in [0.1, 0.15) is 31.7 Å². The molecular weight excluding hydrogens is 346 g/mol. The van der Waals surface area contributed by atoms with Crippen LogP contribution in [0.5, 0.6) is 5.75 Å². The number of rotatable bonds is 6. The van der Waals surface area contributed by atoms with E-state index in [-0.39, 0.29) is 12.1 Å². The van der Waals surface area contributed by atoms with Gasteiger partial charge in [-0.05, 0) is 37.3 Å². The number of likely N-dealkylation sites (tertiary alicyclic amines) is 1. The van der Waals surface area contributed by atoms with Gasteiger partial charge in [-0.2, -0.15) is 0 Å². The lowest BCUT2D eigenvalue weighted by molar-refractivity contribution is 0.00325. The molecular formula is C20H29N3O4. The zero-order valence-electron chi connectivity index (χ0n) is 16.2. The van der Waals surface area contributed by atoms with E-state index >= 15 is 0 Å². The molecule has 0 radical (unpaired) electrons. The molecule has 1 N–H and O–H groups in total. The second-order valence-corrected chi connectivity index (χ2v) is 7.37. The Morgan fingerprint density at radius 3 is 2.89 bits per heavy atom. The summed E-state index contributed by atoms with van der Waals surface area (Å²) >= 11 is 0. The van der Waals surface area contributed by atoms with Crippen LogP contribution in [0.25, 0.3) is 0 Å². The van der Waals surface area contributed by atoms with Crippen molar-refractivity contribution >= 4 is 12.1 Å². The van der Waals surface area contributed by atoms with Crippen molar-refractivity contribution in [3.05, 3.63) is 29.8 Å². The van der Waals surface area contributed by atoms with Gasteiger partial charge in [-0.25, -0.2) is 9.59 Å². The Labute approximate surface area is 160 Å². The van der Waals surface area contributed by atoms with Gasteiger partial charge in [0.25, 0.3) is 0 Å². The number of hydrogen-bond acceptors (Lipinski definition) is 4. The Balaban J connectivity index is 1.50. The summed E-state index contributed by atoms with van der Waals surface area (Å²) in [5.74, 6) is 0.881. The van der Waals surface area contributed by atoms with Crippen molar-refractivity contribution in [2.45, 2.75) is 38.2 Å². The minimum absolute atomic E-state index is 0.105. The molecule has 2 heterocycles. The first-order valence-electron chi connectivity index (χ1n) is 9.70. The van der Waals surface area contributed by atoms with E-state index in [0.29, 0.717) is 39.2 Å². The van der Waals surface area contributed by atoms with Crippen molar-refractivity contribution in [2.75, 3.05) is 39.8 Å². The van der Waals surface area contributed by atoms with Crippen molar-refractivity contribution in [2.24, 2.45) is 0 Å². The predicted octanol–water partition coefficient (Wildman–Crippen LogP) is 2.64. The van der Waals surface area contributed by atoms with Gasteiger partial charge in [-0.1, -0.05) is 25.1 Å². The van der Waals surface area contributed by atoms with Crippen LogP contribution >= 0.6 is 0 Å². The van der Waals surface area contributed by atoms with E-state index in [4.69, 9.17) is 9.47 Å². The maximum absolute atomic E-state index is 12.6. The van der Waals surface area contributed by atoms with Crippen LogP contribution in [0.15, 0.2) is 24.3 Å². The molecule has 2 fully saturated rings. The van der Waals surface area contributed by atoms with Crippen LogP contribution < -0.4 is 10.1 Å². The smallest absolute Gasteiger partial charge is 0.410 e. The molecule has 2 aliphatic rings. The molecule has 2 aliphatic heterocycles. The van der Waals surface area contributed by atoms with Crippen LogP contribution in [0.4, 0.5) is 9.59 Å². The molecule has 3 rings (SSSR count). The summed E-state index contributed by atoms with van der Waals surface area (Å²) in [7, 11) is 1.73. The molecule has 7 nitrogen and oxygen atoms in total. The molecule has 1 unspecified atom stereocenters. The van der Waals surface area contributed by atoms with Crippen molar-refractivity contribution < 1.29 is 19.1 Å². The summed E-state index contributed by atoms with van der Waals surface area (Å²) < 4.78 is 11.3. The minimum atomic E-state index is -0.554. The van der Waals surface area contributed by atoms with Crippen molar-refractivity contribution in [3.8, 4) is 5.75 Å². The molecule has 0 bridgehead atoms. The number of carbonyl (C=O) groups is 2. The van der Waals surface area contributed by atoms with E-state index in [1.807, 2.05) is 24.3 Å². The van der Waals surface area contributed by atoms with Crippen LogP contribution in [-0.4, -0.2) is 67.4 Å². The summed E-state index contributed by atoms with van der Waals surface area (Å²) in [5, 5.41) is 2.99. The lowest BCUT2D eigenvalue weighted by Crippen LogP contribution is -2.54. The number of amides is 3. The van der Waals surface area contributed by atoms with Gasteiger partial charge in [0.2, 0.25) is 0 Å². The molecule has 2 saturated heterocycles. The lowest BCUT2D eigenvalue weighted by atomic mass is 9.93. The number of urea groups is 1. The molecule has 1 aromatic rings. The third-order valence-corrected chi connectivity index (χ3v) is 5.07. The molecule has 1 atom stereocenters. The average molecular weight is 375 g/mol. The van der Waals surface area contributed by atoms with Crippen LogP contribution in [0.2, 0.25) is 0 Å². The molecule has 0 aliphatic carbocycles. The van der Waals surface area contributed by atoms with Crippen LogP contribution in [-0.2, 0) is 11.2 Å². The largest absolute Gasteiger partial charge is 0.493 e. The summed E-state index contributed by atoms with van der Waals surface area (Å²) in [6.45, 7) is 4.97. The highest BCUT2D eigenvalue weighted by Crippen LogP contribution is 2.31. The fraction of sp³-hybridized carbons (Fsp3) is 0.600. The minimum Gasteiger partial charge on any atom is -0.493 e. The Morgan fingerprint density at radius 2 is 2.15 bits per heavy atom. The normalized spacial score (nSPS) is 22.1. The second-order valence-electron chi connectivity index (χ2n) is 7.37. The number of piperidine rings is 1. The van der Waals surface area contributed by atoms with Gasteiger partial charge in [0, 0.05) is 20.1 Å². The zero-order chi connectivity index (χ0) is 19.3. The predicted molar refractivity (Wildman–Crippen MR) is 102 cm³/mol. The first-order chi connectivity index (χ1) is 13.0. The SMILES string of the molecule is CCCOc1ccccc1CCNC(=O)N1CCCC2(CN(C)C(=O)O2)C1. The monoisotopic (exact) mass is 375 g/mol.